The van der Waals surface area contributed by atoms with Gasteiger partial charge in [-0.2, -0.15) is 0 Å². The summed E-state index contributed by atoms with van der Waals surface area (Å²) in [6, 6.07) is 16.5. The zero-order valence-corrected chi connectivity index (χ0v) is 19.7. The molecule has 0 amide bonds. The van der Waals surface area contributed by atoms with Crippen molar-refractivity contribution in [2.75, 3.05) is 0 Å². The van der Waals surface area contributed by atoms with E-state index in [0.29, 0.717) is 3.63 Å². The average molecular weight is 435 g/mol. The first-order valence-corrected chi connectivity index (χ1v) is 12.0. The van der Waals surface area contributed by atoms with E-state index in [1.807, 2.05) is 0 Å². The summed E-state index contributed by atoms with van der Waals surface area (Å²) in [7, 11) is 0. The van der Waals surface area contributed by atoms with Crippen LogP contribution in [0.15, 0.2) is 48.0 Å². The Morgan fingerprint density at radius 3 is 2.19 bits per heavy atom. The van der Waals surface area contributed by atoms with Gasteiger partial charge in [0.05, 0.1) is 0 Å². The molecule has 27 heavy (non-hydrogen) atoms. The van der Waals surface area contributed by atoms with Gasteiger partial charge >= 0.3 is 181 Å². The van der Waals surface area contributed by atoms with E-state index >= 15 is 0 Å². The number of fused-ring (bicyclic) bond motifs is 1. The third-order valence-corrected chi connectivity index (χ3v) is 8.06. The van der Waals surface area contributed by atoms with Crippen LogP contribution in [0.25, 0.3) is 16.7 Å². The number of allylic oxidation sites excluding steroid dienone is 2. The molecule has 139 valence electrons. The van der Waals surface area contributed by atoms with Crippen LogP contribution in [0.2, 0.25) is 0 Å². The van der Waals surface area contributed by atoms with Gasteiger partial charge < -0.3 is 0 Å². The van der Waals surface area contributed by atoms with Crippen LogP contribution in [0.3, 0.4) is 0 Å². The van der Waals surface area contributed by atoms with Gasteiger partial charge in [0.15, 0.2) is 0 Å². The van der Waals surface area contributed by atoms with Gasteiger partial charge in [-0.15, -0.1) is 0 Å². The maximum absolute atomic E-state index is 2.40. The minimum absolute atomic E-state index is 0.235. The van der Waals surface area contributed by atoms with Gasteiger partial charge in [0.2, 0.25) is 0 Å². The first kappa shape index (κ1) is 19.4. The van der Waals surface area contributed by atoms with Gasteiger partial charge in [-0.1, -0.05) is 0 Å². The van der Waals surface area contributed by atoms with E-state index in [1.165, 1.54) is 54.4 Å². The van der Waals surface area contributed by atoms with Crippen LogP contribution >= 0.6 is 0 Å². The summed E-state index contributed by atoms with van der Waals surface area (Å²) < 4.78 is 0.605. The molecule has 0 bridgehead atoms. The van der Waals surface area contributed by atoms with Gasteiger partial charge in [0.1, 0.15) is 0 Å². The van der Waals surface area contributed by atoms with Crippen LogP contribution in [0.4, 0.5) is 0 Å². The Hall–Kier alpha value is -0.937. The summed E-state index contributed by atoms with van der Waals surface area (Å²) in [5.41, 5.74) is 10.8. The summed E-state index contributed by atoms with van der Waals surface area (Å²) in [5, 5.41) is 0. The van der Waals surface area contributed by atoms with E-state index in [0.717, 1.165) is 5.92 Å². The second-order valence-electron chi connectivity index (χ2n) is 9.45. The molecule has 2 aliphatic carbocycles. The van der Waals surface area contributed by atoms with Gasteiger partial charge in [-0.05, 0) is 0 Å². The first-order chi connectivity index (χ1) is 12.9. The Morgan fingerprint density at radius 2 is 1.56 bits per heavy atom. The van der Waals surface area contributed by atoms with E-state index in [4.69, 9.17) is 0 Å². The Balaban J connectivity index is 1.74. The topological polar surface area (TPSA) is 0 Å². The fourth-order valence-electron chi connectivity index (χ4n) is 5.34. The molecular weight excluding hydrogens is 404 g/mol. The molecule has 2 aromatic rings. The summed E-state index contributed by atoms with van der Waals surface area (Å²) in [5.74, 6) is 0.785. The molecule has 1 unspecified atom stereocenters. The zero-order valence-electron chi connectivity index (χ0n) is 17.2. The molecule has 0 aromatic heterocycles. The Bertz CT molecular complexity index is 858. The number of hydrogen-bond donors (Lipinski definition) is 0. The third-order valence-electron chi connectivity index (χ3n) is 6.58. The van der Waals surface area contributed by atoms with Crippen LogP contribution in [-0.4, -0.2) is 0 Å². The van der Waals surface area contributed by atoms with Crippen molar-refractivity contribution >= 4 is 5.57 Å². The molecule has 0 saturated heterocycles. The summed E-state index contributed by atoms with van der Waals surface area (Å²) >= 11 is 1.61. The second kappa shape index (κ2) is 7.47. The quantitative estimate of drug-likeness (QED) is 0.452. The molecule has 1 heteroatoms. The number of rotatable bonds is 2. The molecule has 4 rings (SSSR count). The summed E-state index contributed by atoms with van der Waals surface area (Å²) in [6.07, 6.45) is 6.97. The molecule has 1 fully saturated rings. The van der Waals surface area contributed by atoms with Crippen molar-refractivity contribution in [3.8, 4) is 11.1 Å². The van der Waals surface area contributed by atoms with Crippen LogP contribution in [0.5, 0.6) is 0 Å². The summed E-state index contributed by atoms with van der Waals surface area (Å²) in [4.78, 5) is 0. The van der Waals surface area contributed by atoms with E-state index in [2.05, 4.69) is 70.2 Å². The Labute approximate surface area is 180 Å². The Morgan fingerprint density at radius 1 is 0.889 bits per heavy atom. The van der Waals surface area contributed by atoms with Gasteiger partial charge in [-0.25, -0.2) is 0 Å². The van der Waals surface area contributed by atoms with Crippen LogP contribution in [-0.2, 0) is 24.7 Å². The molecule has 0 nitrogen and oxygen atoms in total. The molecule has 0 radical (unpaired) electrons. The third kappa shape index (κ3) is 3.58. The van der Waals surface area contributed by atoms with Crippen molar-refractivity contribution in [1.82, 2.24) is 0 Å². The fourth-order valence-corrected chi connectivity index (χ4v) is 7.53. The molecule has 0 spiro atoms. The predicted octanol–water partition coefficient (Wildman–Crippen LogP) is 7.82. The molecular formula is C26H31Zr. The van der Waals surface area contributed by atoms with Crippen molar-refractivity contribution in [2.24, 2.45) is 5.41 Å². The molecule has 1 atom stereocenters. The first-order valence-electron chi connectivity index (χ1n) is 10.5. The van der Waals surface area contributed by atoms with E-state index in [1.54, 1.807) is 41.4 Å². The van der Waals surface area contributed by atoms with Crippen LogP contribution in [0, 0.1) is 5.41 Å². The van der Waals surface area contributed by atoms with Crippen molar-refractivity contribution in [2.45, 2.75) is 69.3 Å². The SMILES string of the molecule is CC1=C(C(C)(C)C)[CH]([Zr])c2cccc(-c3ccc(C4CCCCC4)cc3)c21. The van der Waals surface area contributed by atoms with E-state index in [9.17, 15) is 0 Å². The Kier molecular flexibility index (Phi) is 5.37. The van der Waals surface area contributed by atoms with Crippen LogP contribution in [0.1, 0.15) is 86.0 Å². The monoisotopic (exact) mass is 433 g/mol. The van der Waals surface area contributed by atoms with Gasteiger partial charge in [0.25, 0.3) is 0 Å². The van der Waals surface area contributed by atoms with Crippen molar-refractivity contribution in [3.63, 3.8) is 0 Å². The maximum atomic E-state index is 2.40. The van der Waals surface area contributed by atoms with Crippen molar-refractivity contribution in [3.05, 3.63) is 64.7 Å². The van der Waals surface area contributed by atoms with Crippen LogP contribution < -0.4 is 0 Å². The van der Waals surface area contributed by atoms with E-state index < -0.39 is 0 Å². The second-order valence-corrected chi connectivity index (χ2v) is 10.9. The molecule has 2 aromatic carbocycles. The average Bonchev–Trinajstić information content (AvgIpc) is 2.93. The zero-order chi connectivity index (χ0) is 19.2. The standard InChI is InChI=1S/C26H31.Zr/c1-18-24(26(2,3)4)17-22-11-8-12-23(25(18)22)21-15-13-20(14-16-21)19-9-6-5-7-10-19;/h8,11-17,19H,5-7,9-10H2,1-4H3;. The molecule has 0 aliphatic heterocycles. The van der Waals surface area contributed by atoms with Crippen molar-refractivity contribution < 1.29 is 24.7 Å². The molecule has 1 saturated carbocycles. The predicted molar refractivity (Wildman–Crippen MR) is 112 cm³/mol. The van der Waals surface area contributed by atoms with E-state index in [-0.39, 0.29) is 5.41 Å². The molecule has 2 aliphatic rings. The van der Waals surface area contributed by atoms with Crippen molar-refractivity contribution in [1.29, 1.82) is 0 Å². The normalized spacial score (nSPS) is 20.8. The van der Waals surface area contributed by atoms with Gasteiger partial charge in [0, 0.05) is 0 Å². The molecule has 0 heterocycles. The molecule has 0 N–H and O–H groups in total. The fraction of sp³-hybridized carbons (Fsp3) is 0.462. The summed E-state index contributed by atoms with van der Waals surface area (Å²) in [6.45, 7) is 9.46. The number of hydrogen-bond acceptors (Lipinski definition) is 0. The minimum atomic E-state index is 0.235. The number of benzene rings is 2. The van der Waals surface area contributed by atoms with Gasteiger partial charge in [-0.3, -0.25) is 0 Å².